The van der Waals surface area contributed by atoms with Crippen molar-refractivity contribution in [1.82, 2.24) is 9.88 Å². The average molecular weight is 318 g/mol. The van der Waals surface area contributed by atoms with Gasteiger partial charge in [0.1, 0.15) is 6.10 Å². The van der Waals surface area contributed by atoms with Crippen LogP contribution in [0.2, 0.25) is 0 Å². The first kappa shape index (κ1) is 18.3. The molecule has 4 nitrogen and oxygen atoms in total. The van der Waals surface area contributed by atoms with Gasteiger partial charge in [-0.2, -0.15) is 13.2 Å². The molecule has 0 aliphatic heterocycles. The summed E-state index contributed by atoms with van der Waals surface area (Å²) in [6, 6.07) is 2.00. The summed E-state index contributed by atoms with van der Waals surface area (Å²) in [7, 11) is 0. The highest BCUT2D eigenvalue weighted by Gasteiger charge is 2.31. The van der Waals surface area contributed by atoms with Gasteiger partial charge in [0.15, 0.2) is 0 Å². The topological polar surface area (TPSA) is 42.4 Å². The number of amides is 1. The number of halogens is 3. The van der Waals surface area contributed by atoms with Gasteiger partial charge in [-0.3, -0.25) is 4.79 Å². The quantitative estimate of drug-likeness (QED) is 0.689. The van der Waals surface area contributed by atoms with E-state index < -0.39 is 11.7 Å². The van der Waals surface area contributed by atoms with E-state index in [0.29, 0.717) is 19.4 Å². The third-order valence-electron chi connectivity index (χ3n) is 3.51. The number of ether oxygens (including phenoxy) is 1. The van der Waals surface area contributed by atoms with Crippen molar-refractivity contribution in [2.45, 2.75) is 51.9 Å². The largest absolute Gasteiger partial charge is 0.472 e. The summed E-state index contributed by atoms with van der Waals surface area (Å²) in [5.74, 6) is 0.125. The number of hydrogen-bond acceptors (Lipinski definition) is 3. The van der Waals surface area contributed by atoms with Crippen molar-refractivity contribution in [3.63, 3.8) is 0 Å². The Kier molecular flexibility index (Phi) is 6.64. The summed E-state index contributed by atoms with van der Waals surface area (Å²) in [6.45, 7) is 6.24. The number of likely N-dealkylation sites (N-methyl/N-ethyl adjacent to an activating group) is 1. The van der Waals surface area contributed by atoms with Crippen LogP contribution in [-0.2, 0) is 11.0 Å². The van der Waals surface area contributed by atoms with Crippen molar-refractivity contribution in [3.05, 3.63) is 23.9 Å². The van der Waals surface area contributed by atoms with Gasteiger partial charge in [0.2, 0.25) is 12.3 Å². The summed E-state index contributed by atoms with van der Waals surface area (Å²) in [4.78, 5) is 16.4. The van der Waals surface area contributed by atoms with Crippen molar-refractivity contribution in [2.75, 3.05) is 6.54 Å². The Morgan fingerprint density at radius 2 is 1.95 bits per heavy atom. The lowest BCUT2D eigenvalue weighted by Crippen LogP contribution is -2.45. The van der Waals surface area contributed by atoms with Crippen molar-refractivity contribution in [1.29, 1.82) is 0 Å². The first-order valence-electron chi connectivity index (χ1n) is 7.28. The van der Waals surface area contributed by atoms with Gasteiger partial charge in [-0.1, -0.05) is 13.8 Å². The van der Waals surface area contributed by atoms with Gasteiger partial charge in [0, 0.05) is 18.8 Å². The number of pyridine rings is 1. The van der Waals surface area contributed by atoms with E-state index in [0.717, 1.165) is 18.7 Å². The van der Waals surface area contributed by atoms with Crippen LogP contribution in [0.4, 0.5) is 13.2 Å². The van der Waals surface area contributed by atoms with E-state index in [1.165, 1.54) is 6.07 Å². The maximum absolute atomic E-state index is 12.5. The van der Waals surface area contributed by atoms with Crippen molar-refractivity contribution >= 4 is 6.41 Å². The van der Waals surface area contributed by atoms with Gasteiger partial charge in [0.05, 0.1) is 11.6 Å². The molecule has 124 valence electrons. The first-order valence-corrected chi connectivity index (χ1v) is 7.28. The van der Waals surface area contributed by atoms with Crippen LogP contribution in [0.15, 0.2) is 18.3 Å². The van der Waals surface area contributed by atoms with Crippen LogP contribution in [0.1, 0.15) is 39.2 Å². The van der Waals surface area contributed by atoms with Crippen molar-refractivity contribution in [3.8, 4) is 5.88 Å². The van der Waals surface area contributed by atoms with Crippen LogP contribution in [0.3, 0.4) is 0 Å². The molecule has 7 heteroatoms. The predicted octanol–water partition coefficient (Wildman–Crippen LogP) is 3.51. The lowest BCUT2D eigenvalue weighted by Gasteiger charge is -2.32. The van der Waals surface area contributed by atoms with Crippen molar-refractivity contribution in [2.24, 2.45) is 0 Å². The molecule has 1 amide bonds. The highest BCUT2D eigenvalue weighted by atomic mass is 19.4. The van der Waals surface area contributed by atoms with E-state index in [1.54, 1.807) is 4.90 Å². The van der Waals surface area contributed by atoms with Crippen LogP contribution >= 0.6 is 0 Å². The second-order valence-electron chi connectivity index (χ2n) is 4.86. The molecule has 1 aromatic rings. The highest BCUT2D eigenvalue weighted by Crippen LogP contribution is 2.29. The van der Waals surface area contributed by atoms with Gasteiger partial charge in [-0.15, -0.1) is 0 Å². The molecular formula is C15H21F3N2O2. The third kappa shape index (κ3) is 4.61. The predicted molar refractivity (Wildman–Crippen MR) is 76.5 cm³/mol. The molecule has 0 spiro atoms. The summed E-state index contributed by atoms with van der Waals surface area (Å²) < 4.78 is 43.2. The van der Waals surface area contributed by atoms with Gasteiger partial charge in [-0.25, -0.2) is 4.98 Å². The fourth-order valence-electron chi connectivity index (χ4n) is 2.30. The normalized spacial score (nSPS) is 14.3. The van der Waals surface area contributed by atoms with Crippen LogP contribution in [0, 0.1) is 0 Å². The second-order valence-corrected chi connectivity index (χ2v) is 4.86. The Morgan fingerprint density at radius 1 is 1.27 bits per heavy atom. The molecule has 2 unspecified atom stereocenters. The SMILES string of the molecule is CCC(Oc1ccc(C(F)(F)F)cn1)C(CC)N(C=O)CC. The minimum Gasteiger partial charge on any atom is -0.472 e. The molecule has 1 aromatic heterocycles. The van der Waals surface area contributed by atoms with E-state index in [9.17, 15) is 18.0 Å². The zero-order valence-corrected chi connectivity index (χ0v) is 12.9. The van der Waals surface area contributed by atoms with E-state index >= 15 is 0 Å². The number of carbonyl (C=O) groups is 1. The molecule has 0 radical (unpaired) electrons. The molecular weight excluding hydrogens is 297 g/mol. The molecule has 1 rings (SSSR count). The van der Waals surface area contributed by atoms with Crippen LogP contribution in [0.5, 0.6) is 5.88 Å². The Bertz CT molecular complexity index is 463. The lowest BCUT2D eigenvalue weighted by molar-refractivity contribution is -0.137. The van der Waals surface area contributed by atoms with Crippen molar-refractivity contribution < 1.29 is 22.7 Å². The number of carbonyl (C=O) groups excluding carboxylic acids is 1. The summed E-state index contributed by atoms with van der Waals surface area (Å²) >= 11 is 0. The van der Waals surface area contributed by atoms with Gasteiger partial charge >= 0.3 is 6.18 Å². The van der Waals surface area contributed by atoms with Crippen LogP contribution in [0.25, 0.3) is 0 Å². The van der Waals surface area contributed by atoms with Crippen LogP contribution in [-0.4, -0.2) is 35.0 Å². The molecule has 0 saturated heterocycles. The molecule has 0 aliphatic rings. The van der Waals surface area contributed by atoms with E-state index in [1.807, 2.05) is 20.8 Å². The van der Waals surface area contributed by atoms with E-state index in [-0.39, 0.29) is 18.0 Å². The smallest absolute Gasteiger partial charge is 0.417 e. The Balaban J connectivity index is 2.87. The number of rotatable bonds is 8. The highest BCUT2D eigenvalue weighted by molar-refractivity contribution is 5.47. The molecule has 22 heavy (non-hydrogen) atoms. The Labute approximate surface area is 128 Å². The minimum absolute atomic E-state index is 0.125. The molecule has 0 fully saturated rings. The Hall–Kier alpha value is -1.79. The molecule has 0 saturated carbocycles. The Morgan fingerprint density at radius 3 is 2.32 bits per heavy atom. The minimum atomic E-state index is -4.42. The molecule has 0 aliphatic carbocycles. The molecule has 0 aromatic carbocycles. The van der Waals surface area contributed by atoms with E-state index in [2.05, 4.69) is 4.98 Å². The standard InChI is InChI=1S/C15H21F3N2O2/c1-4-12(20(6-3)10-21)13(5-2)22-14-8-7-11(9-19-14)15(16,17)18/h7-10,12-13H,4-6H2,1-3H3. The molecule has 2 atom stereocenters. The maximum Gasteiger partial charge on any atom is 0.417 e. The van der Waals surface area contributed by atoms with Gasteiger partial charge in [-0.05, 0) is 25.8 Å². The van der Waals surface area contributed by atoms with Gasteiger partial charge in [0.25, 0.3) is 0 Å². The maximum atomic E-state index is 12.5. The summed E-state index contributed by atoms with van der Waals surface area (Å²) in [5.41, 5.74) is -0.817. The lowest BCUT2D eigenvalue weighted by atomic mass is 10.0. The summed E-state index contributed by atoms with van der Waals surface area (Å²) in [6.07, 6.45) is -1.92. The molecule has 0 N–H and O–H groups in total. The zero-order valence-electron chi connectivity index (χ0n) is 12.9. The third-order valence-corrected chi connectivity index (χ3v) is 3.51. The second kappa shape index (κ2) is 8.00. The van der Waals surface area contributed by atoms with Crippen LogP contribution < -0.4 is 4.74 Å². The number of alkyl halides is 3. The summed E-state index contributed by atoms with van der Waals surface area (Å²) in [5, 5.41) is 0. The zero-order chi connectivity index (χ0) is 16.8. The monoisotopic (exact) mass is 318 g/mol. The first-order chi connectivity index (χ1) is 10.4. The number of nitrogens with zero attached hydrogens (tertiary/aromatic N) is 2. The molecule has 1 heterocycles. The van der Waals surface area contributed by atoms with Gasteiger partial charge < -0.3 is 9.64 Å². The average Bonchev–Trinajstić information content (AvgIpc) is 2.50. The number of hydrogen-bond donors (Lipinski definition) is 0. The number of aromatic nitrogens is 1. The molecule has 0 bridgehead atoms. The fourth-order valence-corrected chi connectivity index (χ4v) is 2.30. The fraction of sp³-hybridized carbons (Fsp3) is 0.600. The van der Waals surface area contributed by atoms with E-state index in [4.69, 9.17) is 4.74 Å².